The molecular formula is C98H132N4Si4+4. The largest absolute Gasteiger partial charge is 0.220 e. The van der Waals surface area contributed by atoms with E-state index in [1.807, 2.05) is 0 Å². The molecule has 4 nitrogen and oxygen atoms in total. The summed E-state index contributed by atoms with van der Waals surface area (Å²) in [4.78, 5) is 0. The zero-order valence-corrected chi connectivity index (χ0v) is 74.6. The van der Waals surface area contributed by atoms with Crippen molar-refractivity contribution < 1.29 is 18.3 Å². The predicted octanol–water partition coefficient (Wildman–Crippen LogP) is 23.3. The number of hydrogen-bond acceptors (Lipinski definition) is 0. The fraction of sp³-hybridized carbons (Fsp3) is 0.388. The lowest BCUT2D eigenvalue weighted by molar-refractivity contribution is -0.659. The van der Waals surface area contributed by atoms with Crippen molar-refractivity contribution in [2.24, 2.45) is 28.2 Å². The molecule has 0 saturated carbocycles. The van der Waals surface area contributed by atoms with Crippen molar-refractivity contribution in [3.63, 3.8) is 0 Å². The van der Waals surface area contributed by atoms with Gasteiger partial charge < -0.3 is 0 Å². The van der Waals surface area contributed by atoms with Crippen molar-refractivity contribution in [2.75, 3.05) is 0 Å². The Kier molecular flexibility index (Phi) is 27.3. The van der Waals surface area contributed by atoms with Gasteiger partial charge in [0.05, 0.1) is 65.0 Å². The zero-order chi connectivity index (χ0) is 77.3. The summed E-state index contributed by atoms with van der Waals surface area (Å²) < 4.78 is 9.11. The number of benzene rings is 8. The summed E-state index contributed by atoms with van der Waals surface area (Å²) in [6.07, 6.45) is 8.89. The summed E-state index contributed by atoms with van der Waals surface area (Å²) in [6, 6.07) is 76.8. The Morgan fingerprint density at radius 3 is 0.858 bits per heavy atom. The number of rotatable bonds is 20. The third-order valence-corrected chi connectivity index (χ3v) is 49.4. The topological polar surface area (TPSA) is 15.5 Å². The molecule has 4 aromatic heterocycles. The van der Waals surface area contributed by atoms with Crippen LogP contribution in [0.4, 0.5) is 0 Å². The molecule has 0 bridgehead atoms. The number of fused-ring (bicyclic) bond motifs is 4. The maximum Gasteiger partial charge on any atom is 0.220 e. The van der Waals surface area contributed by atoms with Gasteiger partial charge in [-0.15, -0.1) is 0 Å². The highest BCUT2D eigenvalue weighted by molar-refractivity contribution is 6.93. The number of pyridine rings is 4. The van der Waals surface area contributed by atoms with Gasteiger partial charge in [-0.25, -0.2) is 18.3 Å². The van der Waals surface area contributed by atoms with Crippen molar-refractivity contribution in [3.8, 4) is 45.0 Å². The molecule has 0 aliphatic carbocycles. The number of aryl methyl sites for hydroxylation is 10. The van der Waals surface area contributed by atoms with E-state index in [0.29, 0.717) is 0 Å². The van der Waals surface area contributed by atoms with Crippen LogP contribution in [-0.4, -0.2) is 32.3 Å². The summed E-state index contributed by atoms with van der Waals surface area (Å²) in [6.45, 7) is 50.9. The Labute approximate surface area is 646 Å². The Hall–Kier alpha value is -7.73. The number of aromatic nitrogens is 4. The van der Waals surface area contributed by atoms with Crippen LogP contribution in [0.15, 0.2) is 183 Å². The minimum absolute atomic E-state index is 1.31. The first-order chi connectivity index (χ1) is 50.7. The van der Waals surface area contributed by atoms with E-state index in [9.17, 15) is 0 Å². The highest BCUT2D eigenvalue weighted by Crippen LogP contribution is 2.37. The first kappa shape index (κ1) is 82.3. The second-order valence-electron chi connectivity index (χ2n) is 31.7. The normalized spacial score (nSPS) is 11.9. The van der Waals surface area contributed by atoms with E-state index in [-0.39, 0.29) is 0 Å². The van der Waals surface area contributed by atoms with E-state index >= 15 is 0 Å². The molecule has 556 valence electrons. The van der Waals surface area contributed by atoms with Gasteiger partial charge in [0.2, 0.25) is 22.8 Å². The second kappa shape index (κ2) is 35.1. The molecule has 0 spiro atoms. The van der Waals surface area contributed by atoms with Gasteiger partial charge in [0.25, 0.3) is 0 Å². The van der Waals surface area contributed by atoms with E-state index in [2.05, 4.69) is 381 Å². The molecule has 0 fully saturated rings. The summed E-state index contributed by atoms with van der Waals surface area (Å²) in [7, 11) is 3.25. The quantitative estimate of drug-likeness (QED) is 0.0534. The SMILES string of the molecule is CC[Si](CC)(CC)c1ccc2c(-c3cc(C)c(C)c(C)c3C)[n+](C)ccc2c1.CC[Si](CC)(CC)c1ccc2c(-c3cc(C)cc(C)c3C)[n+](C)ccc2c1.CC[Si](CC)(CC)c1ccc2c(-c3cc(C)ccc3C)[n+](C)ccc2c1.CC[Si](CC)(CC)c1ccc2c(-c3ccccc3C)[n+](C)ccc2c1. The summed E-state index contributed by atoms with van der Waals surface area (Å²) in [5, 5.41) is 17.5. The fourth-order valence-electron chi connectivity index (χ4n) is 18.2. The lowest BCUT2D eigenvalue weighted by Crippen LogP contribution is -2.45. The van der Waals surface area contributed by atoms with Crippen molar-refractivity contribution in [1.29, 1.82) is 0 Å². The Morgan fingerprint density at radius 2 is 0.519 bits per heavy atom. The van der Waals surface area contributed by atoms with Gasteiger partial charge >= 0.3 is 0 Å². The van der Waals surface area contributed by atoms with Gasteiger partial charge in [-0.2, -0.15) is 0 Å². The molecule has 12 rings (SSSR count). The molecule has 8 aromatic carbocycles. The van der Waals surface area contributed by atoms with Crippen molar-refractivity contribution in [3.05, 3.63) is 238 Å². The van der Waals surface area contributed by atoms with Gasteiger partial charge in [-0.1, -0.05) is 272 Å². The van der Waals surface area contributed by atoms with Crippen LogP contribution in [0, 0.1) is 69.2 Å². The highest BCUT2D eigenvalue weighted by atomic mass is 28.3. The van der Waals surface area contributed by atoms with Crippen molar-refractivity contribution in [2.45, 2.75) is 225 Å². The molecule has 0 amide bonds. The van der Waals surface area contributed by atoms with E-state index in [1.165, 1.54) is 216 Å². The maximum atomic E-state index is 2.50. The summed E-state index contributed by atoms with van der Waals surface area (Å²) >= 11 is 0. The van der Waals surface area contributed by atoms with Gasteiger partial charge in [0.1, 0.15) is 28.2 Å². The molecular weight excluding hydrogens is 1350 g/mol. The average Bonchev–Trinajstić information content (AvgIpc) is 0.775. The Bertz CT molecular complexity index is 5090. The Morgan fingerprint density at radius 1 is 0.226 bits per heavy atom. The summed E-state index contributed by atoms with van der Waals surface area (Å²) in [5.74, 6) is 0. The molecule has 4 heterocycles. The lowest BCUT2D eigenvalue weighted by Gasteiger charge is -2.29. The van der Waals surface area contributed by atoms with E-state index in [0.717, 1.165) is 0 Å². The highest BCUT2D eigenvalue weighted by Gasteiger charge is 2.34. The lowest BCUT2D eigenvalue weighted by atomic mass is 9.91. The standard InChI is InChI=1S/C26H36NSi.C25H34NSi.C24H32NSi.C23H30NSi/c1-9-28(10-2,11-3)23-12-13-24-22(17-23)14-15-27(8)26(24)25-16-18(4)19(5)20(6)21(25)7;1-8-27(9-2,10-3)22-11-12-23-21(17-22)13-14-26(7)25(23)24-16-18(4)15-19(5)20(24)6;1-7-26(8-2,9-3)21-12-13-22-20(17-21)14-15-25(6)24(22)23-16-18(4)10-11-19(23)5;1-6-25(7-2,8-3)20-13-14-22-19(17-20)15-16-24(5)23(22)21-12-10-9-11-18(21)4/h12-17H,9-11H2,1-8H3;11-17H,8-10H2,1-7H3;10-17H,7-9H2,1-6H3;9-17H,6-8H2,1-5H3/q4*+1. The van der Waals surface area contributed by atoms with E-state index in [1.54, 1.807) is 20.7 Å². The number of hydrogen-bond donors (Lipinski definition) is 0. The molecule has 106 heavy (non-hydrogen) atoms. The number of nitrogens with zero attached hydrogens (tertiary/aromatic N) is 4. The van der Waals surface area contributed by atoms with Crippen LogP contribution in [-0.2, 0) is 28.2 Å². The predicted molar refractivity (Wildman–Crippen MR) is 477 cm³/mol. The van der Waals surface area contributed by atoms with E-state index in [4.69, 9.17) is 0 Å². The van der Waals surface area contributed by atoms with Gasteiger partial charge in [0.15, 0.2) is 24.8 Å². The third kappa shape index (κ3) is 16.2. The van der Waals surface area contributed by atoms with E-state index < -0.39 is 32.3 Å². The molecule has 0 radical (unpaired) electrons. The maximum absolute atomic E-state index is 2.50. The van der Waals surface area contributed by atoms with Crippen LogP contribution < -0.4 is 39.0 Å². The third-order valence-electron chi connectivity index (χ3n) is 27.0. The van der Waals surface area contributed by atoms with Gasteiger partial charge in [-0.3, -0.25) is 0 Å². The Balaban J connectivity index is 0.000000164. The monoisotopic (exact) mass is 1480 g/mol. The van der Waals surface area contributed by atoms with Crippen molar-refractivity contribution in [1.82, 2.24) is 0 Å². The molecule has 0 N–H and O–H groups in total. The minimum Gasteiger partial charge on any atom is -0.200 e. The average molecular weight is 1480 g/mol. The van der Waals surface area contributed by atoms with Crippen molar-refractivity contribution >= 4 is 96.1 Å². The minimum atomic E-state index is -1.36. The molecule has 0 unspecified atom stereocenters. The molecule has 8 heteroatoms. The fourth-order valence-corrected chi connectivity index (χ4v) is 32.7. The van der Waals surface area contributed by atoms with Gasteiger partial charge in [-0.05, 0) is 184 Å². The van der Waals surface area contributed by atoms with Crippen LogP contribution in [0.3, 0.4) is 0 Å². The van der Waals surface area contributed by atoms with Crippen LogP contribution in [0.5, 0.6) is 0 Å². The molecule has 0 saturated heterocycles. The molecule has 0 aliphatic rings. The van der Waals surface area contributed by atoms with Crippen LogP contribution in [0.1, 0.15) is 139 Å². The first-order valence-electron chi connectivity index (χ1n) is 40.7. The van der Waals surface area contributed by atoms with Crippen LogP contribution in [0.25, 0.3) is 88.1 Å². The van der Waals surface area contributed by atoms with Crippen LogP contribution >= 0.6 is 0 Å². The molecule has 0 aliphatic heterocycles. The second-order valence-corrected chi connectivity index (χ2v) is 52.7. The molecule has 12 aromatic rings. The zero-order valence-electron chi connectivity index (χ0n) is 70.6. The van der Waals surface area contributed by atoms with Gasteiger partial charge in [0, 0.05) is 35.4 Å². The molecule has 0 atom stereocenters. The smallest absolute Gasteiger partial charge is 0.200 e. The summed E-state index contributed by atoms with van der Waals surface area (Å²) in [5.41, 5.74) is 24.4. The first-order valence-corrected chi connectivity index (χ1v) is 51.2. The van der Waals surface area contributed by atoms with Crippen LogP contribution in [0.2, 0.25) is 72.5 Å².